The van der Waals surface area contributed by atoms with Crippen LogP contribution in [-0.4, -0.2) is 31.8 Å². The Morgan fingerprint density at radius 3 is 2.77 bits per heavy atom. The molecule has 1 aliphatic carbocycles. The van der Waals surface area contributed by atoms with E-state index in [-0.39, 0.29) is 17.8 Å². The zero-order valence-electron chi connectivity index (χ0n) is 11.5. The molecule has 1 fully saturated rings. The van der Waals surface area contributed by atoms with Gasteiger partial charge < -0.3 is 5.32 Å². The van der Waals surface area contributed by atoms with Crippen LogP contribution in [0.4, 0.5) is 4.39 Å². The van der Waals surface area contributed by atoms with Crippen LogP contribution in [0.2, 0.25) is 0 Å². The van der Waals surface area contributed by atoms with Gasteiger partial charge in [0.15, 0.2) is 5.65 Å². The minimum Gasteiger partial charge on any atom is -0.348 e. The Bertz CT molecular complexity index is 854. The summed E-state index contributed by atoms with van der Waals surface area (Å²) >= 11 is 0. The van der Waals surface area contributed by atoms with Gasteiger partial charge in [-0.15, -0.1) is 10.2 Å². The molecule has 0 aliphatic heterocycles. The molecular weight excluding hydrogens is 285 g/mol. The highest BCUT2D eigenvalue weighted by Crippen LogP contribution is 2.25. The molecule has 1 aromatic carbocycles. The van der Waals surface area contributed by atoms with Crippen LogP contribution in [0.3, 0.4) is 0 Å². The lowest BCUT2D eigenvalue weighted by molar-refractivity contribution is 0.0945. The lowest BCUT2D eigenvalue weighted by Crippen LogP contribution is -2.27. The molecule has 2 heterocycles. The number of nitrogens with one attached hydrogen (secondary N) is 1. The van der Waals surface area contributed by atoms with E-state index in [9.17, 15) is 9.18 Å². The second-order valence-corrected chi connectivity index (χ2v) is 5.30. The van der Waals surface area contributed by atoms with Crippen LogP contribution in [0.5, 0.6) is 0 Å². The Balaban J connectivity index is 1.82. The van der Waals surface area contributed by atoms with Crippen molar-refractivity contribution < 1.29 is 9.18 Å². The Morgan fingerprint density at radius 1 is 1.27 bits per heavy atom. The summed E-state index contributed by atoms with van der Waals surface area (Å²) in [4.78, 5) is 12.2. The predicted molar refractivity (Wildman–Crippen MR) is 76.7 cm³/mol. The van der Waals surface area contributed by atoms with Crippen molar-refractivity contribution in [3.8, 4) is 11.1 Å². The summed E-state index contributed by atoms with van der Waals surface area (Å²) in [5, 5.41) is 15.0. The lowest BCUT2D eigenvalue weighted by atomic mass is 10.1. The SMILES string of the molecule is O=C(NC1CC1)c1cc(-c2ccc(F)cc2)c2nncn2n1. The largest absolute Gasteiger partial charge is 0.348 e. The summed E-state index contributed by atoms with van der Waals surface area (Å²) in [5.41, 5.74) is 2.25. The number of benzene rings is 1. The van der Waals surface area contributed by atoms with E-state index in [1.807, 2.05) is 0 Å². The molecule has 22 heavy (non-hydrogen) atoms. The maximum absolute atomic E-state index is 13.1. The number of aromatic nitrogens is 4. The van der Waals surface area contributed by atoms with Crippen molar-refractivity contribution in [1.82, 2.24) is 25.1 Å². The van der Waals surface area contributed by atoms with Gasteiger partial charge in [-0.05, 0) is 36.6 Å². The molecular formula is C15H12FN5O. The molecule has 0 saturated heterocycles. The molecule has 2 aromatic heterocycles. The van der Waals surface area contributed by atoms with E-state index in [2.05, 4.69) is 20.6 Å². The standard InChI is InChI=1S/C15H12FN5O/c16-10-3-1-9(2-4-10)12-7-13(15(22)18-11-5-6-11)20-21-8-17-19-14(12)21/h1-4,7-8,11H,5-6H2,(H,18,22). The summed E-state index contributed by atoms with van der Waals surface area (Å²) in [6, 6.07) is 7.93. The fraction of sp³-hybridized carbons (Fsp3) is 0.200. The number of carbonyl (C=O) groups is 1. The van der Waals surface area contributed by atoms with E-state index in [0.717, 1.165) is 18.4 Å². The van der Waals surface area contributed by atoms with Crippen LogP contribution in [0.25, 0.3) is 16.8 Å². The van der Waals surface area contributed by atoms with E-state index in [0.29, 0.717) is 16.9 Å². The molecule has 0 unspecified atom stereocenters. The molecule has 6 nitrogen and oxygen atoms in total. The van der Waals surface area contributed by atoms with Gasteiger partial charge in [0.1, 0.15) is 17.8 Å². The van der Waals surface area contributed by atoms with Crippen LogP contribution < -0.4 is 5.32 Å². The average Bonchev–Trinajstić information content (AvgIpc) is 3.20. The second-order valence-electron chi connectivity index (χ2n) is 5.30. The van der Waals surface area contributed by atoms with Crippen molar-refractivity contribution >= 4 is 11.6 Å². The number of hydrogen-bond donors (Lipinski definition) is 1. The predicted octanol–water partition coefficient (Wildman–Crippen LogP) is 1.82. The van der Waals surface area contributed by atoms with Gasteiger partial charge >= 0.3 is 0 Å². The first-order valence-corrected chi connectivity index (χ1v) is 6.98. The van der Waals surface area contributed by atoms with Crippen molar-refractivity contribution in [3.05, 3.63) is 48.2 Å². The van der Waals surface area contributed by atoms with Crippen molar-refractivity contribution in [2.45, 2.75) is 18.9 Å². The van der Waals surface area contributed by atoms with Crippen molar-refractivity contribution in [2.24, 2.45) is 0 Å². The van der Waals surface area contributed by atoms with Gasteiger partial charge in [-0.2, -0.15) is 9.61 Å². The van der Waals surface area contributed by atoms with Crippen LogP contribution in [0.15, 0.2) is 36.7 Å². The molecule has 0 atom stereocenters. The minimum atomic E-state index is -0.318. The highest BCUT2D eigenvalue weighted by Gasteiger charge is 2.25. The maximum atomic E-state index is 13.1. The number of nitrogens with zero attached hydrogens (tertiary/aromatic N) is 4. The van der Waals surface area contributed by atoms with Crippen LogP contribution >= 0.6 is 0 Å². The van der Waals surface area contributed by atoms with Gasteiger partial charge in [0, 0.05) is 11.6 Å². The quantitative estimate of drug-likeness (QED) is 0.800. The zero-order valence-corrected chi connectivity index (χ0v) is 11.5. The Morgan fingerprint density at radius 2 is 2.05 bits per heavy atom. The van der Waals surface area contributed by atoms with Gasteiger partial charge in [0.05, 0.1) is 0 Å². The molecule has 0 bridgehead atoms. The second kappa shape index (κ2) is 4.87. The fourth-order valence-electron chi connectivity index (χ4n) is 2.27. The van der Waals surface area contributed by atoms with Gasteiger partial charge in [-0.25, -0.2) is 4.39 Å². The molecule has 1 amide bonds. The Labute approximate surface area is 125 Å². The molecule has 110 valence electrons. The van der Waals surface area contributed by atoms with E-state index in [1.165, 1.54) is 23.0 Å². The fourth-order valence-corrected chi connectivity index (χ4v) is 2.27. The summed E-state index contributed by atoms with van der Waals surface area (Å²) in [6.45, 7) is 0. The van der Waals surface area contributed by atoms with Crippen LogP contribution in [0.1, 0.15) is 23.3 Å². The van der Waals surface area contributed by atoms with Crippen LogP contribution in [-0.2, 0) is 0 Å². The molecule has 0 radical (unpaired) electrons. The van der Waals surface area contributed by atoms with E-state index in [1.54, 1.807) is 18.2 Å². The third kappa shape index (κ3) is 2.30. The Kier molecular flexibility index (Phi) is 2.85. The number of halogens is 1. The van der Waals surface area contributed by atoms with E-state index >= 15 is 0 Å². The van der Waals surface area contributed by atoms with Crippen molar-refractivity contribution in [1.29, 1.82) is 0 Å². The lowest BCUT2D eigenvalue weighted by Gasteiger charge is -2.07. The van der Waals surface area contributed by atoms with E-state index < -0.39 is 0 Å². The van der Waals surface area contributed by atoms with Crippen molar-refractivity contribution in [3.63, 3.8) is 0 Å². The number of fused-ring (bicyclic) bond motifs is 1. The average molecular weight is 297 g/mol. The minimum absolute atomic E-state index is 0.221. The molecule has 3 aromatic rings. The molecule has 1 N–H and O–H groups in total. The normalized spacial score (nSPS) is 14.2. The topological polar surface area (TPSA) is 72.2 Å². The summed E-state index contributed by atoms with van der Waals surface area (Å²) in [7, 11) is 0. The van der Waals surface area contributed by atoms with E-state index in [4.69, 9.17) is 0 Å². The third-order valence-corrected chi connectivity index (χ3v) is 3.57. The summed E-state index contributed by atoms with van der Waals surface area (Å²) in [5.74, 6) is -0.538. The maximum Gasteiger partial charge on any atom is 0.271 e. The van der Waals surface area contributed by atoms with Crippen molar-refractivity contribution in [2.75, 3.05) is 0 Å². The first kappa shape index (κ1) is 12.9. The first-order chi connectivity index (χ1) is 10.7. The zero-order chi connectivity index (χ0) is 15.1. The number of amides is 1. The van der Waals surface area contributed by atoms with Gasteiger partial charge in [-0.1, -0.05) is 12.1 Å². The molecule has 7 heteroatoms. The highest BCUT2D eigenvalue weighted by molar-refractivity contribution is 5.95. The molecule has 4 rings (SSSR count). The smallest absolute Gasteiger partial charge is 0.271 e. The first-order valence-electron chi connectivity index (χ1n) is 6.98. The van der Waals surface area contributed by atoms with Gasteiger partial charge in [-0.3, -0.25) is 4.79 Å². The molecule has 1 aliphatic rings. The number of hydrogen-bond acceptors (Lipinski definition) is 4. The van der Waals surface area contributed by atoms with Gasteiger partial charge in [0.25, 0.3) is 5.91 Å². The highest BCUT2D eigenvalue weighted by atomic mass is 19.1. The number of carbonyl (C=O) groups excluding carboxylic acids is 1. The summed E-state index contributed by atoms with van der Waals surface area (Å²) < 4.78 is 14.6. The van der Waals surface area contributed by atoms with Gasteiger partial charge in [0.2, 0.25) is 0 Å². The Hall–Kier alpha value is -2.83. The molecule has 0 spiro atoms. The summed E-state index contributed by atoms with van der Waals surface area (Å²) in [6.07, 6.45) is 3.45. The number of rotatable bonds is 3. The molecule has 1 saturated carbocycles. The monoisotopic (exact) mass is 297 g/mol. The van der Waals surface area contributed by atoms with Crippen LogP contribution in [0, 0.1) is 5.82 Å². The third-order valence-electron chi connectivity index (χ3n) is 3.57.